The van der Waals surface area contributed by atoms with Gasteiger partial charge in [-0.15, -0.1) is 16.8 Å². The molecule has 8 heteroatoms. The van der Waals surface area contributed by atoms with Crippen LogP contribution in [0.15, 0.2) is 60.3 Å². The quantitative estimate of drug-likeness (QED) is 0.375. The van der Waals surface area contributed by atoms with Crippen LogP contribution in [0.25, 0.3) is 0 Å². The van der Waals surface area contributed by atoms with Gasteiger partial charge in [0.1, 0.15) is 6.61 Å². The number of thioether (sulfide) groups is 1. The zero-order valence-corrected chi connectivity index (χ0v) is 17.2. The van der Waals surface area contributed by atoms with Gasteiger partial charge in [0.2, 0.25) is 0 Å². The third-order valence-corrected chi connectivity index (χ3v) is 5.83. The number of aromatic nitrogens is 3. The van der Waals surface area contributed by atoms with Crippen molar-refractivity contribution in [3.63, 3.8) is 0 Å². The van der Waals surface area contributed by atoms with Crippen LogP contribution in [-0.4, -0.2) is 21.4 Å². The van der Waals surface area contributed by atoms with Gasteiger partial charge in [-0.25, -0.2) is 0 Å². The van der Waals surface area contributed by atoms with Crippen LogP contribution in [-0.2, 0) is 12.3 Å². The molecule has 0 amide bonds. The average Bonchev–Trinajstić information content (AvgIpc) is 3.10. The molecule has 1 aliphatic rings. The molecule has 1 atom stereocenters. The number of rotatable bonds is 6. The summed E-state index contributed by atoms with van der Waals surface area (Å²) in [6.45, 7) is 4.79. The number of benzene rings is 2. The van der Waals surface area contributed by atoms with E-state index < -0.39 is 0 Å². The molecule has 0 saturated carbocycles. The number of para-hydroxylation sites is 2. The smallest absolute Gasteiger partial charge is 0.192 e. The van der Waals surface area contributed by atoms with E-state index in [1.54, 1.807) is 17.8 Å². The summed E-state index contributed by atoms with van der Waals surface area (Å²) >= 11 is 13.8. The van der Waals surface area contributed by atoms with Gasteiger partial charge in [0.05, 0.1) is 0 Å². The van der Waals surface area contributed by atoms with Crippen LogP contribution in [0.3, 0.4) is 0 Å². The predicted molar refractivity (Wildman–Crippen MR) is 112 cm³/mol. The zero-order valence-electron chi connectivity index (χ0n) is 14.8. The summed E-state index contributed by atoms with van der Waals surface area (Å²) in [5.41, 5.74) is 0.983. The molecular formula is C20H17Cl2N3O2S. The van der Waals surface area contributed by atoms with E-state index in [9.17, 15) is 0 Å². The van der Waals surface area contributed by atoms with Crippen molar-refractivity contribution in [3.8, 4) is 11.5 Å². The summed E-state index contributed by atoms with van der Waals surface area (Å²) in [6, 6.07) is 13.1. The maximum absolute atomic E-state index is 6.28. The lowest BCUT2D eigenvalue weighted by molar-refractivity contribution is 0.0821. The SMILES string of the molecule is C=CCn1c(SCc2ccc(Cl)cc2Cl)nnc1[C@H]1COc2ccccc2O1. The van der Waals surface area contributed by atoms with E-state index in [2.05, 4.69) is 16.8 Å². The molecule has 2 heterocycles. The average molecular weight is 434 g/mol. The molecule has 0 bridgehead atoms. The summed E-state index contributed by atoms with van der Waals surface area (Å²) in [6.07, 6.45) is 1.47. The third-order valence-electron chi connectivity index (χ3n) is 4.23. The van der Waals surface area contributed by atoms with E-state index in [1.165, 1.54) is 0 Å². The maximum atomic E-state index is 6.28. The van der Waals surface area contributed by atoms with Crippen LogP contribution in [0.2, 0.25) is 10.0 Å². The van der Waals surface area contributed by atoms with Crippen molar-refractivity contribution in [2.24, 2.45) is 0 Å². The van der Waals surface area contributed by atoms with Crippen molar-refractivity contribution in [1.29, 1.82) is 0 Å². The van der Waals surface area contributed by atoms with Gasteiger partial charge in [0, 0.05) is 22.3 Å². The van der Waals surface area contributed by atoms with Crippen LogP contribution in [0.1, 0.15) is 17.5 Å². The highest BCUT2D eigenvalue weighted by atomic mass is 35.5. The molecule has 0 radical (unpaired) electrons. The van der Waals surface area contributed by atoms with E-state index in [0.717, 1.165) is 16.5 Å². The highest BCUT2D eigenvalue weighted by molar-refractivity contribution is 7.98. The minimum Gasteiger partial charge on any atom is -0.485 e. The van der Waals surface area contributed by atoms with Crippen LogP contribution in [0.4, 0.5) is 0 Å². The van der Waals surface area contributed by atoms with Gasteiger partial charge in [-0.3, -0.25) is 4.57 Å². The molecule has 0 aliphatic carbocycles. The van der Waals surface area contributed by atoms with Gasteiger partial charge in [-0.1, -0.05) is 59.2 Å². The first-order valence-electron chi connectivity index (χ1n) is 8.65. The van der Waals surface area contributed by atoms with Crippen molar-refractivity contribution in [2.45, 2.75) is 23.6 Å². The first-order chi connectivity index (χ1) is 13.7. The lowest BCUT2D eigenvalue weighted by Crippen LogP contribution is -2.25. The number of nitrogens with zero attached hydrogens (tertiary/aromatic N) is 3. The number of hydrogen-bond acceptors (Lipinski definition) is 5. The molecule has 3 aromatic rings. The van der Waals surface area contributed by atoms with Gasteiger partial charge in [0.25, 0.3) is 0 Å². The Bertz CT molecular complexity index is 1010. The molecule has 0 N–H and O–H groups in total. The Balaban J connectivity index is 1.55. The van der Waals surface area contributed by atoms with Gasteiger partial charge in [-0.05, 0) is 29.8 Å². The van der Waals surface area contributed by atoms with Crippen LogP contribution >= 0.6 is 35.0 Å². The zero-order chi connectivity index (χ0) is 19.5. The van der Waals surface area contributed by atoms with Crippen LogP contribution < -0.4 is 9.47 Å². The van der Waals surface area contributed by atoms with Crippen molar-refractivity contribution in [2.75, 3.05) is 6.61 Å². The third kappa shape index (κ3) is 3.99. The topological polar surface area (TPSA) is 49.2 Å². The molecule has 144 valence electrons. The first kappa shape index (κ1) is 19.2. The second kappa shape index (κ2) is 8.47. The van der Waals surface area contributed by atoms with E-state index in [1.807, 2.05) is 47.0 Å². The van der Waals surface area contributed by atoms with Gasteiger partial charge < -0.3 is 9.47 Å². The van der Waals surface area contributed by atoms with E-state index in [-0.39, 0.29) is 6.10 Å². The largest absolute Gasteiger partial charge is 0.485 e. The molecule has 1 aromatic heterocycles. The summed E-state index contributed by atoms with van der Waals surface area (Å²) < 4.78 is 13.9. The van der Waals surface area contributed by atoms with Crippen molar-refractivity contribution in [1.82, 2.24) is 14.8 Å². The maximum Gasteiger partial charge on any atom is 0.192 e. The summed E-state index contributed by atoms with van der Waals surface area (Å²) in [4.78, 5) is 0. The number of allylic oxidation sites excluding steroid dienone is 1. The second-order valence-electron chi connectivity index (χ2n) is 6.13. The number of hydrogen-bond donors (Lipinski definition) is 0. The van der Waals surface area contributed by atoms with E-state index >= 15 is 0 Å². The molecule has 4 rings (SSSR count). The molecule has 5 nitrogen and oxygen atoms in total. The lowest BCUT2D eigenvalue weighted by atomic mass is 10.2. The van der Waals surface area contributed by atoms with Gasteiger partial charge >= 0.3 is 0 Å². The Hall–Kier alpha value is -2.15. The van der Waals surface area contributed by atoms with Gasteiger partial charge in [0.15, 0.2) is 28.6 Å². The van der Waals surface area contributed by atoms with Crippen molar-refractivity contribution in [3.05, 3.63) is 76.6 Å². The van der Waals surface area contributed by atoms with Gasteiger partial charge in [-0.2, -0.15) is 0 Å². The van der Waals surface area contributed by atoms with E-state index in [4.69, 9.17) is 32.7 Å². The summed E-state index contributed by atoms with van der Waals surface area (Å²) in [5, 5.41) is 10.7. The lowest BCUT2D eigenvalue weighted by Gasteiger charge is -2.26. The Labute approximate surface area is 177 Å². The fourth-order valence-electron chi connectivity index (χ4n) is 2.87. The van der Waals surface area contributed by atoms with Crippen molar-refractivity contribution < 1.29 is 9.47 Å². The Morgan fingerprint density at radius 1 is 1.18 bits per heavy atom. The molecule has 28 heavy (non-hydrogen) atoms. The van der Waals surface area contributed by atoms with Crippen LogP contribution in [0, 0.1) is 0 Å². The molecule has 1 aliphatic heterocycles. The highest BCUT2D eigenvalue weighted by Crippen LogP contribution is 2.36. The Morgan fingerprint density at radius 3 is 2.79 bits per heavy atom. The van der Waals surface area contributed by atoms with E-state index in [0.29, 0.717) is 40.5 Å². The van der Waals surface area contributed by atoms with Crippen molar-refractivity contribution >= 4 is 35.0 Å². The monoisotopic (exact) mass is 433 g/mol. The minimum atomic E-state index is -0.337. The molecule has 0 fully saturated rings. The fourth-order valence-corrected chi connectivity index (χ4v) is 4.39. The number of fused-ring (bicyclic) bond motifs is 1. The van der Waals surface area contributed by atoms with Crippen LogP contribution in [0.5, 0.6) is 11.5 Å². The summed E-state index contributed by atoms with van der Waals surface area (Å²) in [7, 11) is 0. The Kier molecular flexibility index (Phi) is 5.80. The molecule has 0 saturated heterocycles. The minimum absolute atomic E-state index is 0.337. The Morgan fingerprint density at radius 2 is 2.00 bits per heavy atom. The first-order valence-corrected chi connectivity index (χ1v) is 10.4. The molecular weight excluding hydrogens is 417 g/mol. The second-order valence-corrected chi connectivity index (χ2v) is 7.91. The molecule has 0 unspecified atom stereocenters. The predicted octanol–water partition coefficient (Wildman–Crippen LogP) is 5.58. The fraction of sp³-hybridized carbons (Fsp3) is 0.200. The highest BCUT2D eigenvalue weighted by Gasteiger charge is 2.28. The normalized spacial score (nSPS) is 15.4. The summed E-state index contributed by atoms with van der Waals surface area (Å²) in [5.74, 6) is 2.80. The molecule has 0 spiro atoms. The number of halogens is 2. The number of ether oxygens (including phenoxy) is 2. The standard InChI is InChI=1S/C20H17Cl2N3O2S/c1-2-9-25-19(18-11-26-16-5-3-4-6-17(16)27-18)23-24-20(25)28-12-13-7-8-14(21)10-15(13)22/h2-8,10,18H,1,9,11-12H2/t18-/m1/s1. The molecule has 2 aromatic carbocycles.